The Kier molecular flexibility index (Phi) is 5.93. The molecule has 3 rings (SSSR count). The van der Waals surface area contributed by atoms with E-state index in [1.165, 1.54) is 25.3 Å². The highest BCUT2D eigenvalue weighted by Crippen LogP contribution is 2.31. The average Bonchev–Trinajstić information content (AvgIpc) is 2.71. The van der Waals surface area contributed by atoms with Crippen LogP contribution in [0.5, 0.6) is 0 Å². The van der Waals surface area contributed by atoms with E-state index >= 15 is 0 Å². The Balaban J connectivity index is 1.94. The number of allylic oxidation sites excluding steroid dienone is 1. The van der Waals surface area contributed by atoms with Crippen molar-refractivity contribution in [2.45, 2.75) is 13.0 Å². The molecule has 0 aliphatic carbocycles. The highest BCUT2D eigenvalue weighted by molar-refractivity contribution is 7.80. The van der Waals surface area contributed by atoms with Gasteiger partial charge in [0.25, 0.3) is 5.91 Å². The van der Waals surface area contributed by atoms with Crippen LogP contribution in [-0.2, 0) is 9.53 Å². The minimum absolute atomic E-state index is 0.0533. The van der Waals surface area contributed by atoms with E-state index in [1.807, 2.05) is 0 Å². The molecule has 6 nitrogen and oxygen atoms in total. The number of hydrogen-bond donors (Lipinski definition) is 2. The zero-order valence-corrected chi connectivity index (χ0v) is 17.0. The van der Waals surface area contributed by atoms with Crippen LogP contribution in [0.25, 0.3) is 0 Å². The summed E-state index contributed by atoms with van der Waals surface area (Å²) in [6, 6.07) is 12.1. The van der Waals surface area contributed by atoms with Gasteiger partial charge in [-0.15, -0.1) is 0 Å². The van der Waals surface area contributed by atoms with Crippen LogP contribution in [0, 0.1) is 5.82 Å². The van der Waals surface area contributed by atoms with Crippen molar-refractivity contribution in [1.82, 2.24) is 10.2 Å². The number of halogens is 1. The molecule has 0 aromatic heterocycles. The summed E-state index contributed by atoms with van der Waals surface area (Å²) in [5.74, 6) is -1.64. The number of anilines is 1. The molecule has 1 heterocycles. The molecule has 0 radical (unpaired) electrons. The van der Waals surface area contributed by atoms with E-state index in [1.54, 1.807) is 49.2 Å². The molecule has 0 fully saturated rings. The van der Waals surface area contributed by atoms with Crippen LogP contribution >= 0.6 is 12.2 Å². The molecule has 2 aromatic rings. The second-order valence-corrected chi connectivity index (χ2v) is 6.88. The summed E-state index contributed by atoms with van der Waals surface area (Å²) in [5.41, 5.74) is 2.20. The predicted octanol–water partition coefficient (Wildman–Crippen LogP) is 3.39. The average molecular weight is 413 g/mol. The number of benzene rings is 2. The molecule has 2 aromatic carbocycles. The molecule has 0 saturated carbocycles. The van der Waals surface area contributed by atoms with Crippen molar-refractivity contribution in [3.8, 4) is 0 Å². The Morgan fingerprint density at radius 1 is 1.21 bits per heavy atom. The molecule has 150 valence electrons. The lowest BCUT2D eigenvalue weighted by molar-refractivity contribution is -0.136. The topological polar surface area (TPSA) is 70.7 Å². The van der Waals surface area contributed by atoms with Crippen LogP contribution in [0.15, 0.2) is 59.8 Å². The van der Waals surface area contributed by atoms with Crippen LogP contribution in [-0.4, -0.2) is 36.0 Å². The van der Waals surface area contributed by atoms with Crippen molar-refractivity contribution in [3.05, 3.63) is 76.7 Å². The van der Waals surface area contributed by atoms with Crippen molar-refractivity contribution < 1.29 is 18.7 Å². The van der Waals surface area contributed by atoms with E-state index < -0.39 is 23.7 Å². The normalized spacial score (nSPS) is 16.3. The van der Waals surface area contributed by atoms with Gasteiger partial charge in [0, 0.05) is 18.4 Å². The number of rotatable bonds is 4. The van der Waals surface area contributed by atoms with Crippen LogP contribution in [0.4, 0.5) is 10.1 Å². The van der Waals surface area contributed by atoms with Crippen LogP contribution in [0.1, 0.15) is 28.9 Å². The Bertz CT molecular complexity index is 1020. The van der Waals surface area contributed by atoms with E-state index in [-0.39, 0.29) is 5.56 Å². The molecule has 0 spiro atoms. The first-order chi connectivity index (χ1) is 13.8. The van der Waals surface area contributed by atoms with E-state index in [9.17, 15) is 14.0 Å². The Labute approximate surface area is 173 Å². The number of nitrogens with one attached hydrogen (secondary N) is 2. The van der Waals surface area contributed by atoms with Gasteiger partial charge in [-0.3, -0.25) is 4.79 Å². The fraction of sp³-hybridized carbons (Fsp3) is 0.190. The fourth-order valence-electron chi connectivity index (χ4n) is 3.10. The van der Waals surface area contributed by atoms with Gasteiger partial charge in [-0.25, -0.2) is 9.18 Å². The molecule has 29 heavy (non-hydrogen) atoms. The number of amides is 1. The lowest BCUT2D eigenvalue weighted by atomic mass is 9.95. The molecular formula is C21H20FN3O3S. The maximum atomic E-state index is 13.9. The zero-order valence-electron chi connectivity index (χ0n) is 16.2. The molecular weight excluding hydrogens is 393 g/mol. The Morgan fingerprint density at radius 3 is 2.62 bits per heavy atom. The van der Waals surface area contributed by atoms with E-state index in [0.717, 1.165) is 0 Å². The first-order valence-electron chi connectivity index (χ1n) is 8.82. The quantitative estimate of drug-likeness (QED) is 0.592. The third-order valence-electron chi connectivity index (χ3n) is 4.76. The number of carbonyl (C=O) groups is 2. The first-order valence-corrected chi connectivity index (χ1v) is 9.23. The molecule has 1 atom stereocenters. The van der Waals surface area contributed by atoms with E-state index in [0.29, 0.717) is 27.6 Å². The van der Waals surface area contributed by atoms with Gasteiger partial charge in [-0.05, 0) is 49.0 Å². The summed E-state index contributed by atoms with van der Waals surface area (Å²) in [7, 11) is 3.08. The molecule has 2 N–H and O–H groups in total. The van der Waals surface area contributed by atoms with Gasteiger partial charge in [0.2, 0.25) is 0 Å². The number of ether oxygens (including phenoxy) is 1. The fourth-order valence-corrected chi connectivity index (χ4v) is 3.35. The summed E-state index contributed by atoms with van der Waals surface area (Å²) in [6.45, 7) is 1.79. The largest absolute Gasteiger partial charge is 0.466 e. The summed E-state index contributed by atoms with van der Waals surface area (Å²) in [4.78, 5) is 26.5. The second kappa shape index (κ2) is 8.40. The van der Waals surface area contributed by atoms with Crippen LogP contribution in [0.2, 0.25) is 0 Å². The monoisotopic (exact) mass is 413 g/mol. The summed E-state index contributed by atoms with van der Waals surface area (Å²) >= 11 is 5.36. The zero-order chi connectivity index (χ0) is 21.1. The van der Waals surface area contributed by atoms with Gasteiger partial charge >= 0.3 is 5.97 Å². The highest BCUT2D eigenvalue weighted by atomic mass is 32.1. The minimum atomic E-state index is -0.602. The maximum absolute atomic E-state index is 13.9. The third-order valence-corrected chi connectivity index (χ3v) is 5.15. The number of esters is 1. The van der Waals surface area contributed by atoms with Crippen LogP contribution in [0.3, 0.4) is 0 Å². The first kappa shape index (κ1) is 20.5. The van der Waals surface area contributed by atoms with Gasteiger partial charge in [-0.2, -0.15) is 0 Å². The Morgan fingerprint density at radius 2 is 1.93 bits per heavy atom. The predicted molar refractivity (Wildman–Crippen MR) is 112 cm³/mol. The lowest BCUT2D eigenvalue weighted by Crippen LogP contribution is -2.46. The minimum Gasteiger partial charge on any atom is -0.466 e. The van der Waals surface area contributed by atoms with Crippen molar-refractivity contribution in [3.63, 3.8) is 0 Å². The highest BCUT2D eigenvalue weighted by Gasteiger charge is 2.33. The molecule has 0 bridgehead atoms. The van der Waals surface area contributed by atoms with Gasteiger partial charge in [-0.1, -0.05) is 24.3 Å². The number of methoxy groups -OCH3 is 1. The molecule has 1 amide bonds. The number of carbonyl (C=O) groups excluding carboxylic acids is 2. The van der Waals surface area contributed by atoms with Gasteiger partial charge < -0.3 is 20.3 Å². The van der Waals surface area contributed by atoms with Gasteiger partial charge in [0.15, 0.2) is 5.11 Å². The standard InChI is InChI=1S/C21H20FN3O3S/c1-12-17(20(27)28-3)18(24-21(29)25(12)2)13-7-6-8-14(11-13)23-19(26)15-9-4-5-10-16(15)22/h4-11,18H,1-3H3,(H,23,26)(H,24,29). The molecule has 1 unspecified atom stereocenters. The number of thiocarbonyl (C=S) groups is 1. The van der Waals surface area contributed by atoms with Gasteiger partial charge in [0.05, 0.1) is 24.3 Å². The summed E-state index contributed by atoms with van der Waals surface area (Å²) in [5, 5.41) is 6.27. The number of nitrogens with zero attached hydrogens (tertiary/aromatic N) is 1. The summed E-state index contributed by atoms with van der Waals surface area (Å²) < 4.78 is 18.8. The van der Waals surface area contributed by atoms with Crippen LogP contribution < -0.4 is 10.6 Å². The molecule has 0 saturated heterocycles. The number of hydrogen-bond acceptors (Lipinski definition) is 4. The van der Waals surface area contributed by atoms with Crippen molar-refractivity contribution in [2.75, 3.05) is 19.5 Å². The second-order valence-electron chi connectivity index (χ2n) is 6.49. The Hall–Kier alpha value is -3.26. The molecule has 1 aliphatic heterocycles. The maximum Gasteiger partial charge on any atom is 0.337 e. The smallest absolute Gasteiger partial charge is 0.337 e. The summed E-state index contributed by atoms with van der Waals surface area (Å²) in [6.07, 6.45) is 0. The van der Waals surface area contributed by atoms with E-state index in [4.69, 9.17) is 17.0 Å². The SMILES string of the molecule is COC(=O)C1=C(C)N(C)C(=S)NC1c1cccc(NC(=O)c2ccccc2F)c1. The van der Waals surface area contributed by atoms with Crippen molar-refractivity contribution in [1.29, 1.82) is 0 Å². The lowest BCUT2D eigenvalue weighted by Gasteiger charge is -2.35. The van der Waals surface area contributed by atoms with Gasteiger partial charge in [0.1, 0.15) is 5.82 Å². The molecule has 8 heteroatoms. The third kappa shape index (κ3) is 4.12. The molecule has 1 aliphatic rings. The van der Waals surface area contributed by atoms with Crippen molar-refractivity contribution >= 4 is 34.9 Å². The van der Waals surface area contributed by atoms with Crippen molar-refractivity contribution in [2.24, 2.45) is 0 Å². The van der Waals surface area contributed by atoms with E-state index in [2.05, 4.69) is 10.6 Å².